The molecule has 0 heteroatoms. The molecule has 14 aromatic rings. The number of hydrogen-bond acceptors (Lipinski definition) is 0. The molecule has 0 amide bonds. The zero-order valence-electron chi connectivity index (χ0n) is 47.7. The van der Waals surface area contributed by atoms with Crippen LogP contribution in [0.5, 0.6) is 0 Å². The van der Waals surface area contributed by atoms with Crippen molar-refractivity contribution >= 4 is 64.6 Å². The van der Waals surface area contributed by atoms with E-state index in [1.807, 2.05) is 0 Å². The van der Waals surface area contributed by atoms with E-state index < -0.39 is 0 Å². The first-order valence-electron chi connectivity index (χ1n) is 29.3. The molecule has 0 nitrogen and oxygen atoms in total. The van der Waals surface area contributed by atoms with Crippen LogP contribution in [0.2, 0.25) is 0 Å². The van der Waals surface area contributed by atoms with Gasteiger partial charge in [0.05, 0.1) is 0 Å². The second-order valence-corrected chi connectivity index (χ2v) is 25.4. The molecule has 0 bridgehead atoms. The lowest BCUT2D eigenvalue weighted by Gasteiger charge is -2.25. The molecule has 2 aliphatic carbocycles. The Bertz CT molecular complexity index is 4880. The molecule has 0 aromatic heterocycles. The first-order chi connectivity index (χ1) is 39.9. The van der Waals surface area contributed by atoms with Gasteiger partial charge in [0.25, 0.3) is 0 Å². The van der Waals surface area contributed by atoms with Crippen LogP contribution in [0.3, 0.4) is 0 Å². The van der Waals surface area contributed by atoms with Crippen molar-refractivity contribution in [2.45, 2.75) is 64.7 Å². The van der Waals surface area contributed by atoms with Gasteiger partial charge in [-0.05, 0) is 194 Å². The molecule has 0 unspecified atom stereocenters. The van der Waals surface area contributed by atoms with Crippen molar-refractivity contribution in [1.82, 2.24) is 0 Å². The molecule has 16 rings (SSSR count). The van der Waals surface area contributed by atoms with E-state index in [4.69, 9.17) is 0 Å². The molecular formula is C82H62. The maximum atomic E-state index is 2.53. The normalized spacial score (nSPS) is 14.0. The van der Waals surface area contributed by atoms with Gasteiger partial charge >= 0.3 is 0 Å². The average Bonchev–Trinajstić information content (AvgIpc) is 4.06. The highest BCUT2D eigenvalue weighted by atomic mass is 14.4. The monoisotopic (exact) mass is 1050 g/mol. The third kappa shape index (κ3) is 6.91. The van der Waals surface area contributed by atoms with E-state index in [2.05, 4.69) is 297 Å². The molecule has 0 saturated carbocycles. The van der Waals surface area contributed by atoms with Gasteiger partial charge in [-0.3, -0.25) is 0 Å². The largest absolute Gasteiger partial charge is 0.0619 e. The third-order valence-corrected chi connectivity index (χ3v) is 19.2. The molecule has 0 radical (unpaired) electrons. The topological polar surface area (TPSA) is 0 Å². The van der Waals surface area contributed by atoms with Crippen molar-refractivity contribution in [1.29, 1.82) is 0 Å². The van der Waals surface area contributed by atoms with Gasteiger partial charge in [-0.15, -0.1) is 0 Å². The molecule has 0 fully saturated rings. The van der Waals surface area contributed by atoms with Gasteiger partial charge in [-0.1, -0.05) is 279 Å². The lowest BCUT2D eigenvalue weighted by molar-refractivity contribution is 0.590. The van der Waals surface area contributed by atoms with Crippen LogP contribution in [0.25, 0.3) is 143 Å². The van der Waals surface area contributed by atoms with Gasteiger partial charge in [0.2, 0.25) is 0 Å². The van der Waals surface area contributed by atoms with E-state index in [-0.39, 0.29) is 16.2 Å². The van der Waals surface area contributed by atoms with E-state index in [0.717, 1.165) is 0 Å². The quantitative estimate of drug-likeness (QED) is 0.151. The highest BCUT2D eigenvalue weighted by Crippen LogP contribution is 2.56. The fourth-order valence-corrected chi connectivity index (χ4v) is 15.2. The minimum Gasteiger partial charge on any atom is -0.0619 e. The van der Waals surface area contributed by atoms with Crippen LogP contribution < -0.4 is 0 Å². The predicted octanol–water partition coefficient (Wildman–Crippen LogP) is 22.9. The number of hydrogen-bond donors (Lipinski definition) is 0. The molecule has 0 aliphatic heterocycles. The summed E-state index contributed by atoms with van der Waals surface area (Å²) in [7, 11) is 0. The van der Waals surface area contributed by atoms with E-state index in [1.165, 1.54) is 170 Å². The van der Waals surface area contributed by atoms with Crippen LogP contribution in [0.1, 0.15) is 76.3 Å². The zero-order chi connectivity index (χ0) is 55.4. The molecule has 82 heavy (non-hydrogen) atoms. The summed E-state index contributed by atoms with van der Waals surface area (Å²) < 4.78 is 0. The highest BCUT2D eigenvalue weighted by Gasteiger charge is 2.38. The minimum absolute atomic E-state index is 0.0849. The molecule has 0 spiro atoms. The van der Waals surface area contributed by atoms with Crippen LogP contribution in [-0.4, -0.2) is 0 Å². The summed E-state index contributed by atoms with van der Waals surface area (Å²) in [6.07, 6.45) is 0. The fourth-order valence-electron chi connectivity index (χ4n) is 15.2. The number of fused-ring (bicyclic) bond motifs is 12. The highest BCUT2D eigenvalue weighted by molar-refractivity contribution is 6.30. The molecular weight excluding hydrogens is 985 g/mol. The van der Waals surface area contributed by atoms with Gasteiger partial charge in [0.1, 0.15) is 0 Å². The second kappa shape index (κ2) is 17.6. The van der Waals surface area contributed by atoms with Crippen molar-refractivity contribution in [2.75, 3.05) is 0 Å². The lowest BCUT2D eigenvalue weighted by atomic mass is 9.78. The summed E-state index contributed by atoms with van der Waals surface area (Å²) in [6, 6.07) is 95.0. The molecule has 2 aliphatic rings. The number of rotatable bonds is 5. The zero-order valence-corrected chi connectivity index (χ0v) is 47.7. The Kier molecular flexibility index (Phi) is 10.4. The van der Waals surface area contributed by atoms with E-state index in [9.17, 15) is 0 Å². The van der Waals surface area contributed by atoms with Crippen LogP contribution in [-0.2, 0) is 16.2 Å². The predicted molar refractivity (Wildman–Crippen MR) is 352 cm³/mol. The Morgan fingerprint density at radius 3 is 0.756 bits per heavy atom. The summed E-state index contributed by atoms with van der Waals surface area (Å²) in [5, 5.41) is 15.2. The summed E-state index contributed by atoms with van der Waals surface area (Å²) >= 11 is 0. The summed E-state index contributed by atoms with van der Waals surface area (Å²) in [5.74, 6) is 0. The molecule has 390 valence electrons. The molecule has 14 aromatic carbocycles. The Morgan fingerprint density at radius 1 is 0.220 bits per heavy atom. The maximum absolute atomic E-state index is 2.53. The third-order valence-electron chi connectivity index (χ3n) is 19.2. The molecule has 0 atom stereocenters. The Labute approximate surface area is 481 Å². The van der Waals surface area contributed by atoms with Crippen LogP contribution >= 0.6 is 0 Å². The van der Waals surface area contributed by atoms with Crippen molar-refractivity contribution in [3.8, 4) is 77.9 Å². The molecule has 0 saturated heterocycles. The lowest BCUT2D eigenvalue weighted by Crippen LogP contribution is -2.15. The minimum atomic E-state index is -0.263. The van der Waals surface area contributed by atoms with E-state index in [1.54, 1.807) is 0 Å². The fraction of sp³-hybridized carbons (Fsp3) is 0.122. The average molecular weight is 1050 g/mol. The van der Waals surface area contributed by atoms with Gasteiger partial charge in [0, 0.05) is 10.8 Å². The van der Waals surface area contributed by atoms with E-state index >= 15 is 0 Å². The van der Waals surface area contributed by atoms with Gasteiger partial charge in [0.15, 0.2) is 0 Å². The Balaban J connectivity index is 0.850. The first-order valence-corrected chi connectivity index (χ1v) is 29.3. The summed E-state index contributed by atoms with van der Waals surface area (Å²) in [6.45, 7) is 16.5. The Morgan fingerprint density at radius 2 is 0.451 bits per heavy atom. The maximum Gasteiger partial charge on any atom is 0.0159 e. The summed E-state index contributed by atoms with van der Waals surface area (Å²) in [5.41, 5.74) is 24.7. The van der Waals surface area contributed by atoms with Crippen molar-refractivity contribution < 1.29 is 0 Å². The summed E-state index contributed by atoms with van der Waals surface area (Å²) in [4.78, 5) is 0. The van der Waals surface area contributed by atoms with Crippen molar-refractivity contribution in [3.63, 3.8) is 0 Å². The van der Waals surface area contributed by atoms with Crippen LogP contribution in [0, 0.1) is 0 Å². The van der Waals surface area contributed by atoms with Crippen molar-refractivity contribution in [2.24, 2.45) is 0 Å². The van der Waals surface area contributed by atoms with E-state index in [0.29, 0.717) is 0 Å². The number of benzene rings is 14. The van der Waals surface area contributed by atoms with Gasteiger partial charge < -0.3 is 0 Å². The molecule has 0 N–H and O–H groups in total. The van der Waals surface area contributed by atoms with Gasteiger partial charge in [-0.2, -0.15) is 0 Å². The van der Waals surface area contributed by atoms with Gasteiger partial charge in [-0.25, -0.2) is 0 Å². The van der Waals surface area contributed by atoms with Crippen LogP contribution in [0.15, 0.2) is 249 Å². The second-order valence-electron chi connectivity index (χ2n) is 25.4. The standard InChI is InChI=1S/C82H62/c1-80(2,3)53-41-36-49(37-42-53)74-58-23-8-10-25-60(58)75(61-26-11-9-24-59(61)74)51-39-44-56-57-45-40-52(48-73(57)82(6,7)72(56)47-51)77-64-29-14-18-33-68(64)79(69-34-19-15-30-65(69)77)78-66-31-16-12-27-62(66)76(63-28-13-17-32-67(63)78)50-38-43-55-54-22-20-21-35-70(54)81(4,5)71(55)46-50/h8-48H,1-7H3. The first kappa shape index (κ1) is 48.5. The smallest absolute Gasteiger partial charge is 0.0159 e. The van der Waals surface area contributed by atoms with Crippen LogP contribution in [0.4, 0.5) is 0 Å². The SMILES string of the molecule is CC(C)(C)c1ccc(-c2c3ccccc3c(-c3ccc4c(c3)C(C)(C)c3cc(-c5c6ccccc6c(-c6c7ccccc7c(-c7ccc8c(c7)C(C)(C)c7ccccc7-8)c7ccccc67)c6ccccc56)ccc3-4)c3ccccc23)cc1. The molecule has 0 heterocycles. The Hall–Kier alpha value is -9.36. The van der Waals surface area contributed by atoms with Crippen molar-refractivity contribution in [3.05, 3.63) is 277 Å².